The van der Waals surface area contributed by atoms with Crippen molar-refractivity contribution in [2.24, 2.45) is 17.8 Å². The second-order valence-corrected chi connectivity index (χ2v) is 8.15. The minimum absolute atomic E-state index is 0.147. The van der Waals surface area contributed by atoms with E-state index in [1.165, 1.54) is 12.3 Å². The van der Waals surface area contributed by atoms with Crippen LogP contribution in [-0.4, -0.2) is 82.3 Å². The number of cyclic esters (lactones) is 1. The van der Waals surface area contributed by atoms with Crippen LogP contribution in [0.1, 0.15) is 26.7 Å². The van der Waals surface area contributed by atoms with Crippen LogP contribution in [0, 0.1) is 17.8 Å². The Kier molecular flexibility index (Phi) is 7.91. The molecule has 0 bridgehead atoms. The molecule has 0 aliphatic carbocycles. The summed E-state index contributed by atoms with van der Waals surface area (Å²) in [6.45, 7) is 6.71. The van der Waals surface area contributed by atoms with Crippen molar-refractivity contribution < 1.29 is 53.7 Å². The molecule has 0 saturated carbocycles. The molecule has 0 aromatic rings. The van der Waals surface area contributed by atoms with Gasteiger partial charge >= 0.3 is 11.9 Å². The SMILES string of the molecule is C=C[C@H]1[C@H](O[C@@H]2O[C@H](CO)[C@@H](O)[C@H](O)[C@H]2O)OC=C2C(=O)O[C@H](OC(=O)[C@@H](C)CC)C[C@H]21. The first kappa shape index (κ1) is 24.6. The lowest BCUT2D eigenvalue weighted by molar-refractivity contribution is -0.340. The summed E-state index contributed by atoms with van der Waals surface area (Å²) in [6, 6.07) is 0. The first-order valence-electron chi connectivity index (χ1n) is 10.6. The molecular formula is C21H30O11. The van der Waals surface area contributed by atoms with E-state index in [0.717, 1.165) is 0 Å². The third-order valence-electron chi connectivity index (χ3n) is 6.08. The van der Waals surface area contributed by atoms with Crippen LogP contribution < -0.4 is 0 Å². The quantitative estimate of drug-likeness (QED) is 0.283. The van der Waals surface area contributed by atoms with Crippen LogP contribution in [0.3, 0.4) is 0 Å². The number of carbonyl (C=O) groups excluding carboxylic acids is 2. The summed E-state index contributed by atoms with van der Waals surface area (Å²) in [4.78, 5) is 24.6. The fourth-order valence-electron chi connectivity index (χ4n) is 3.84. The van der Waals surface area contributed by atoms with E-state index in [4.69, 9.17) is 23.7 Å². The van der Waals surface area contributed by atoms with Crippen molar-refractivity contribution in [3.63, 3.8) is 0 Å². The Balaban J connectivity index is 1.74. The molecule has 10 atom stereocenters. The number of carbonyl (C=O) groups is 2. The van der Waals surface area contributed by atoms with Crippen molar-refractivity contribution in [3.05, 3.63) is 24.5 Å². The van der Waals surface area contributed by atoms with E-state index in [2.05, 4.69) is 6.58 Å². The summed E-state index contributed by atoms with van der Waals surface area (Å²) in [7, 11) is 0. The lowest BCUT2D eigenvalue weighted by Gasteiger charge is -2.44. The second-order valence-electron chi connectivity index (χ2n) is 8.15. The highest BCUT2D eigenvalue weighted by atomic mass is 16.8. The Hall–Kier alpha value is -2.02. The molecule has 3 aliphatic heterocycles. The predicted molar refractivity (Wildman–Crippen MR) is 105 cm³/mol. The van der Waals surface area contributed by atoms with E-state index in [0.29, 0.717) is 6.42 Å². The van der Waals surface area contributed by atoms with E-state index in [-0.39, 0.29) is 17.9 Å². The molecule has 0 aromatic heterocycles. The summed E-state index contributed by atoms with van der Waals surface area (Å²) in [5.74, 6) is -2.67. The molecule has 0 spiro atoms. The zero-order valence-corrected chi connectivity index (χ0v) is 17.9. The van der Waals surface area contributed by atoms with Crippen molar-refractivity contribution in [1.29, 1.82) is 0 Å². The number of ether oxygens (including phenoxy) is 5. The van der Waals surface area contributed by atoms with E-state index in [1.807, 2.05) is 6.92 Å². The first-order chi connectivity index (χ1) is 15.2. The van der Waals surface area contributed by atoms with Crippen molar-refractivity contribution in [1.82, 2.24) is 0 Å². The van der Waals surface area contributed by atoms with Crippen LogP contribution >= 0.6 is 0 Å². The molecule has 32 heavy (non-hydrogen) atoms. The van der Waals surface area contributed by atoms with Gasteiger partial charge in [0.1, 0.15) is 24.4 Å². The van der Waals surface area contributed by atoms with Gasteiger partial charge in [-0.2, -0.15) is 0 Å². The molecule has 4 N–H and O–H groups in total. The molecule has 11 heteroatoms. The maximum Gasteiger partial charge on any atom is 0.340 e. The molecule has 3 heterocycles. The maximum atomic E-state index is 12.4. The molecule has 11 nitrogen and oxygen atoms in total. The van der Waals surface area contributed by atoms with E-state index >= 15 is 0 Å². The lowest BCUT2D eigenvalue weighted by Crippen LogP contribution is -2.60. The van der Waals surface area contributed by atoms with Crippen LogP contribution in [0.25, 0.3) is 0 Å². The summed E-state index contributed by atoms with van der Waals surface area (Å²) >= 11 is 0. The van der Waals surface area contributed by atoms with Gasteiger partial charge in [-0.1, -0.05) is 19.9 Å². The highest BCUT2D eigenvalue weighted by Gasteiger charge is 2.49. The highest BCUT2D eigenvalue weighted by molar-refractivity contribution is 5.90. The third-order valence-corrected chi connectivity index (χ3v) is 6.08. The predicted octanol–water partition coefficient (Wildman–Crippen LogP) is -0.676. The highest BCUT2D eigenvalue weighted by Crippen LogP contribution is 2.40. The molecule has 0 unspecified atom stereocenters. The summed E-state index contributed by atoms with van der Waals surface area (Å²) in [5, 5.41) is 39.5. The summed E-state index contributed by atoms with van der Waals surface area (Å²) in [6.07, 6.45) is -6.11. The summed E-state index contributed by atoms with van der Waals surface area (Å²) in [5.41, 5.74) is 0.222. The Labute approximate surface area is 185 Å². The van der Waals surface area contributed by atoms with Crippen LogP contribution in [0.2, 0.25) is 0 Å². The van der Waals surface area contributed by atoms with E-state index in [9.17, 15) is 30.0 Å². The Bertz CT molecular complexity index is 735. The van der Waals surface area contributed by atoms with E-state index < -0.39 is 73.7 Å². The number of hydrogen-bond donors (Lipinski definition) is 4. The molecule has 180 valence electrons. The fraction of sp³-hybridized carbons (Fsp3) is 0.714. The summed E-state index contributed by atoms with van der Waals surface area (Å²) < 4.78 is 27.1. The zero-order chi connectivity index (χ0) is 23.6. The normalized spacial score (nSPS) is 40.2. The van der Waals surface area contributed by atoms with Gasteiger partial charge in [-0.05, 0) is 6.42 Å². The number of aliphatic hydroxyl groups is 4. The molecule has 2 fully saturated rings. The third kappa shape index (κ3) is 4.82. The zero-order valence-electron chi connectivity index (χ0n) is 17.9. The number of rotatable bonds is 7. The van der Waals surface area contributed by atoms with Gasteiger partial charge in [0, 0.05) is 18.3 Å². The van der Waals surface area contributed by atoms with E-state index in [1.54, 1.807) is 6.92 Å². The van der Waals surface area contributed by atoms with Gasteiger partial charge in [-0.25, -0.2) is 4.79 Å². The Morgan fingerprint density at radius 3 is 2.62 bits per heavy atom. The standard InChI is InChI=1S/C21H30O11/c1-4-9(3)18(26)30-14-6-11-10(5-2)20(28-8-12(11)19(27)31-14)32-21-17(25)16(24)15(23)13(7-22)29-21/h5,8-11,13-17,20-25H,2,4,6-7H2,1,3H3/t9-,10+,11-,13+,14-,15+,16-,17+,20-,21-/m0/s1. The second kappa shape index (κ2) is 10.3. The van der Waals surface area contributed by atoms with Crippen molar-refractivity contribution in [2.45, 2.75) is 70.0 Å². The van der Waals surface area contributed by atoms with Gasteiger partial charge in [0.2, 0.25) is 12.6 Å². The van der Waals surface area contributed by atoms with Crippen molar-refractivity contribution in [3.8, 4) is 0 Å². The van der Waals surface area contributed by atoms with Crippen molar-refractivity contribution in [2.75, 3.05) is 6.61 Å². The number of hydrogen-bond acceptors (Lipinski definition) is 11. The minimum Gasteiger partial charge on any atom is -0.471 e. The van der Waals surface area contributed by atoms with Gasteiger partial charge < -0.3 is 44.1 Å². The van der Waals surface area contributed by atoms with Crippen LogP contribution in [-0.2, 0) is 33.3 Å². The first-order valence-corrected chi connectivity index (χ1v) is 10.6. The van der Waals surface area contributed by atoms with Crippen LogP contribution in [0.5, 0.6) is 0 Å². The topological polar surface area (TPSA) is 161 Å². The van der Waals surface area contributed by atoms with Gasteiger partial charge in [0.15, 0.2) is 6.29 Å². The van der Waals surface area contributed by atoms with Crippen molar-refractivity contribution >= 4 is 11.9 Å². The number of esters is 2. The largest absolute Gasteiger partial charge is 0.471 e. The average molecular weight is 458 g/mol. The Morgan fingerprint density at radius 1 is 1.28 bits per heavy atom. The van der Waals surface area contributed by atoms with Crippen LogP contribution in [0.15, 0.2) is 24.5 Å². The number of fused-ring (bicyclic) bond motifs is 1. The molecule has 0 amide bonds. The van der Waals surface area contributed by atoms with Gasteiger partial charge in [0.05, 0.1) is 24.4 Å². The maximum absolute atomic E-state index is 12.4. The van der Waals surface area contributed by atoms with Gasteiger partial charge in [-0.3, -0.25) is 4.79 Å². The lowest BCUT2D eigenvalue weighted by atomic mass is 9.80. The molecule has 3 aliphatic rings. The minimum atomic E-state index is -1.62. The van der Waals surface area contributed by atoms with Crippen LogP contribution in [0.4, 0.5) is 0 Å². The molecule has 3 rings (SSSR count). The molecular weight excluding hydrogens is 428 g/mol. The Morgan fingerprint density at radius 2 is 2.00 bits per heavy atom. The number of aliphatic hydroxyl groups excluding tert-OH is 4. The molecule has 0 aromatic carbocycles. The molecule has 0 radical (unpaired) electrons. The van der Waals surface area contributed by atoms with Gasteiger partial charge in [-0.15, -0.1) is 6.58 Å². The molecule has 2 saturated heterocycles. The average Bonchev–Trinajstić information content (AvgIpc) is 2.78. The fourth-order valence-corrected chi connectivity index (χ4v) is 3.84. The monoisotopic (exact) mass is 458 g/mol. The smallest absolute Gasteiger partial charge is 0.340 e. The van der Waals surface area contributed by atoms with Gasteiger partial charge in [0.25, 0.3) is 0 Å².